The number of fused-ring (bicyclic) bond motifs is 1. The number of carbonyl (C=O) groups is 6. The van der Waals surface area contributed by atoms with E-state index >= 15 is 0 Å². The normalized spacial score (nSPS) is 13.9. The van der Waals surface area contributed by atoms with Crippen molar-refractivity contribution in [2.75, 3.05) is 12.0 Å². The molecule has 0 radical (unpaired) electrons. The third-order valence-corrected chi connectivity index (χ3v) is 6.92. The van der Waals surface area contributed by atoms with Gasteiger partial charge in [0.15, 0.2) is 0 Å². The standard InChI is InChI=1S/C26H36N6O8S/c1-41-11-10-19(26(39)40)31-25(38)20(12-14-13-29-17-5-3-2-4-15(14)17)32-24(37)18(7-8-21(28)33)30-23(36)16(27)6-9-22(34)35/h2-5,13,16,18-20,29H,6-12,27H2,1H3,(H2,28,33)(H,30,36)(H,31,38)(H,32,37)(H,34,35)(H,39,40). The van der Waals surface area contributed by atoms with E-state index < -0.39 is 59.7 Å². The van der Waals surface area contributed by atoms with Crippen LogP contribution in [0.5, 0.6) is 0 Å². The first-order chi connectivity index (χ1) is 19.4. The Hall–Kier alpha value is -4.11. The van der Waals surface area contributed by atoms with Gasteiger partial charge in [0.2, 0.25) is 23.6 Å². The highest BCUT2D eigenvalue weighted by Crippen LogP contribution is 2.19. The molecule has 2 aromatic rings. The van der Waals surface area contributed by atoms with E-state index in [0.29, 0.717) is 11.3 Å². The van der Waals surface area contributed by atoms with Gasteiger partial charge in [-0.25, -0.2) is 4.79 Å². The Balaban J connectivity index is 2.30. The molecule has 0 saturated carbocycles. The van der Waals surface area contributed by atoms with E-state index in [2.05, 4.69) is 20.9 Å². The van der Waals surface area contributed by atoms with E-state index in [1.54, 1.807) is 18.5 Å². The molecule has 41 heavy (non-hydrogen) atoms. The van der Waals surface area contributed by atoms with Crippen molar-refractivity contribution in [3.8, 4) is 0 Å². The summed E-state index contributed by atoms with van der Waals surface area (Å²) in [6.07, 6.45) is 2.54. The number of hydrogen-bond acceptors (Lipinski definition) is 8. The Kier molecular flexibility index (Phi) is 13.1. The number of thioether (sulfide) groups is 1. The van der Waals surface area contributed by atoms with Crippen LogP contribution in [0.1, 0.15) is 37.7 Å². The lowest BCUT2D eigenvalue weighted by atomic mass is 10.0. The quantitative estimate of drug-likeness (QED) is 0.110. The third kappa shape index (κ3) is 10.8. The number of nitrogens with one attached hydrogen (secondary N) is 4. The fraction of sp³-hybridized carbons (Fsp3) is 0.462. The predicted octanol–water partition coefficient (Wildman–Crippen LogP) is -0.540. The molecule has 4 unspecified atom stereocenters. The molecule has 1 heterocycles. The average Bonchev–Trinajstić information content (AvgIpc) is 3.33. The van der Waals surface area contributed by atoms with Crippen molar-refractivity contribution in [1.29, 1.82) is 0 Å². The van der Waals surface area contributed by atoms with Crippen LogP contribution in [0.15, 0.2) is 30.5 Å². The first kappa shape index (κ1) is 33.1. The summed E-state index contributed by atoms with van der Waals surface area (Å²) >= 11 is 1.41. The number of aromatic nitrogens is 1. The van der Waals surface area contributed by atoms with E-state index in [1.165, 1.54) is 11.8 Å². The van der Waals surface area contributed by atoms with Crippen molar-refractivity contribution in [2.24, 2.45) is 11.5 Å². The van der Waals surface area contributed by atoms with E-state index in [9.17, 15) is 33.9 Å². The van der Waals surface area contributed by atoms with Gasteiger partial charge >= 0.3 is 11.9 Å². The summed E-state index contributed by atoms with van der Waals surface area (Å²) in [7, 11) is 0. The van der Waals surface area contributed by atoms with E-state index in [1.807, 2.05) is 18.2 Å². The van der Waals surface area contributed by atoms with Crippen LogP contribution in [-0.4, -0.2) is 86.9 Å². The van der Waals surface area contributed by atoms with Crippen LogP contribution in [-0.2, 0) is 35.2 Å². The van der Waals surface area contributed by atoms with Crippen molar-refractivity contribution in [1.82, 2.24) is 20.9 Å². The Morgan fingerprint density at radius 2 is 1.51 bits per heavy atom. The zero-order valence-electron chi connectivity index (χ0n) is 22.6. The summed E-state index contributed by atoms with van der Waals surface area (Å²) in [5.41, 5.74) is 12.5. The maximum absolute atomic E-state index is 13.4. The predicted molar refractivity (Wildman–Crippen MR) is 152 cm³/mol. The molecule has 2 rings (SSSR count). The number of carbonyl (C=O) groups excluding carboxylic acids is 4. The van der Waals surface area contributed by atoms with Crippen LogP contribution in [0.2, 0.25) is 0 Å². The number of aromatic amines is 1. The number of carboxylic acids is 2. The molecule has 14 nitrogen and oxygen atoms in total. The summed E-state index contributed by atoms with van der Waals surface area (Å²) in [5, 5.41) is 26.7. The van der Waals surface area contributed by atoms with Gasteiger partial charge in [-0.2, -0.15) is 11.8 Å². The molecule has 0 aliphatic rings. The van der Waals surface area contributed by atoms with Crippen LogP contribution in [0.4, 0.5) is 0 Å². The van der Waals surface area contributed by atoms with Gasteiger partial charge in [-0.15, -0.1) is 0 Å². The van der Waals surface area contributed by atoms with Gasteiger partial charge in [-0.3, -0.25) is 24.0 Å². The Morgan fingerprint density at radius 3 is 2.15 bits per heavy atom. The third-order valence-electron chi connectivity index (χ3n) is 6.28. The topological polar surface area (TPSA) is 247 Å². The monoisotopic (exact) mass is 592 g/mol. The lowest BCUT2D eigenvalue weighted by Gasteiger charge is -2.25. The molecule has 0 bridgehead atoms. The number of aliphatic carboxylic acids is 2. The van der Waals surface area contributed by atoms with E-state index in [0.717, 1.165) is 10.9 Å². The van der Waals surface area contributed by atoms with Gasteiger partial charge < -0.3 is 42.6 Å². The van der Waals surface area contributed by atoms with Crippen molar-refractivity contribution in [3.05, 3.63) is 36.0 Å². The van der Waals surface area contributed by atoms with Crippen LogP contribution in [0, 0.1) is 0 Å². The van der Waals surface area contributed by atoms with Gasteiger partial charge in [-0.05, 0) is 42.9 Å². The van der Waals surface area contributed by atoms with Crippen molar-refractivity contribution in [3.63, 3.8) is 0 Å². The average molecular weight is 593 g/mol. The molecule has 1 aromatic carbocycles. The zero-order valence-corrected chi connectivity index (χ0v) is 23.4. The highest BCUT2D eigenvalue weighted by Gasteiger charge is 2.31. The first-order valence-corrected chi connectivity index (χ1v) is 14.3. The molecular formula is C26H36N6O8S. The molecule has 10 N–H and O–H groups in total. The molecule has 224 valence electrons. The minimum Gasteiger partial charge on any atom is -0.481 e. The van der Waals surface area contributed by atoms with Crippen molar-refractivity contribution < 1.29 is 39.0 Å². The largest absolute Gasteiger partial charge is 0.481 e. The number of nitrogens with two attached hydrogens (primary N) is 2. The summed E-state index contributed by atoms with van der Waals surface area (Å²) in [6.45, 7) is 0. The number of primary amides is 1. The van der Waals surface area contributed by atoms with Crippen LogP contribution < -0.4 is 27.4 Å². The fourth-order valence-electron chi connectivity index (χ4n) is 4.01. The Bertz CT molecular complexity index is 1250. The van der Waals surface area contributed by atoms with Gasteiger partial charge in [0.1, 0.15) is 18.1 Å². The SMILES string of the molecule is CSCCC(NC(=O)C(Cc1c[nH]c2ccccc12)NC(=O)C(CCC(N)=O)NC(=O)C(N)CCC(=O)O)C(=O)O. The maximum Gasteiger partial charge on any atom is 0.326 e. The second-order valence-electron chi connectivity index (χ2n) is 9.41. The summed E-state index contributed by atoms with van der Waals surface area (Å²) in [6, 6.07) is 2.25. The van der Waals surface area contributed by atoms with Gasteiger partial charge in [0, 0.05) is 36.4 Å². The van der Waals surface area contributed by atoms with E-state index in [-0.39, 0.29) is 38.5 Å². The molecular weight excluding hydrogens is 556 g/mol. The van der Waals surface area contributed by atoms with Gasteiger partial charge in [0.25, 0.3) is 0 Å². The van der Waals surface area contributed by atoms with Crippen molar-refractivity contribution in [2.45, 2.75) is 62.7 Å². The zero-order chi connectivity index (χ0) is 30.5. The van der Waals surface area contributed by atoms with Crippen molar-refractivity contribution >= 4 is 58.2 Å². The molecule has 4 atom stereocenters. The fourth-order valence-corrected chi connectivity index (χ4v) is 4.48. The Morgan fingerprint density at radius 1 is 0.878 bits per heavy atom. The summed E-state index contributed by atoms with van der Waals surface area (Å²) < 4.78 is 0. The molecule has 0 aliphatic carbocycles. The van der Waals surface area contributed by atoms with Crippen LogP contribution in [0.25, 0.3) is 10.9 Å². The molecule has 1 aromatic heterocycles. The molecule has 4 amide bonds. The lowest BCUT2D eigenvalue weighted by molar-refractivity contribution is -0.142. The number of carboxylic acid groups (broad SMARTS) is 2. The number of amides is 4. The van der Waals surface area contributed by atoms with E-state index in [4.69, 9.17) is 16.6 Å². The summed E-state index contributed by atoms with van der Waals surface area (Å²) in [4.78, 5) is 76.4. The van der Waals surface area contributed by atoms with Crippen LogP contribution >= 0.6 is 11.8 Å². The smallest absolute Gasteiger partial charge is 0.326 e. The number of benzene rings is 1. The van der Waals surface area contributed by atoms with Crippen LogP contribution in [0.3, 0.4) is 0 Å². The number of rotatable bonds is 18. The minimum atomic E-state index is -1.34. The molecule has 15 heteroatoms. The minimum absolute atomic E-state index is 0.0228. The van der Waals surface area contributed by atoms with Gasteiger partial charge in [-0.1, -0.05) is 18.2 Å². The first-order valence-electron chi connectivity index (χ1n) is 12.9. The molecule has 0 fully saturated rings. The summed E-state index contributed by atoms with van der Waals surface area (Å²) in [5.74, 6) is -5.06. The second kappa shape index (κ2) is 16.2. The highest BCUT2D eigenvalue weighted by molar-refractivity contribution is 7.98. The Labute approximate surface area is 240 Å². The number of hydrogen-bond donors (Lipinski definition) is 8. The molecule has 0 saturated heterocycles. The highest BCUT2D eigenvalue weighted by atomic mass is 32.2. The molecule has 0 spiro atoms. The van der Waals surface area contributed by atoms with Gasteiger partial charge in [0.05, 0.1) is 6.04 Å². The number of H-pyrrole nitrogens is 1. The maximum atomic E-state index is 13.4. The lowest BCUT2D eigenvalue weighted by Crippen LogP contribution is -2.57. The molecule has 0 aliphatic heterocycles. The second-order valence-corrected chi connectivity index (χ2v) is 10.4. The number of para-hydroxylation sites is 1.